The summed E-state index contributed by atoms with van der Waals surface area (Å²) >= 11 is 0. The van der Waals surface area contributed by atoms with Crippen LogP contribution in [0.4, 0.5) is 9.18 Å². The Balaban J connectivity index is 1.50. The van der Waals surface area contributed by atoms with Crippen LogP contribution in [0.2, 0.25) is 0 Å². The standard InChI is InChI=1S/C34H36FNO2P2/c1-2-15-33(35)38-34(37)36-25-32(40(30-20-11-5-12-21-30)31-22-13-6-14-23-31)24-27(36)26-39(28-16-7-3-8-17-28)29-18-9-4-10-19-29/h3-14,16-23,27,32-33H,2,15,24-26H2,1H3. The zero-order chi connectivity index (χ0) is 27.7. The van der Waals surface area contributed by atoms with E-state index >= 15 is 0 Å². The smallest absolute Gasteiger partial charge is 0.412 e. The summed E-state index contributed by atoms with van der Waals surface area (Å²) < 4.78 is 19.9. The molecule has 0 spiro atoms. The number of nitrogens with zero attached hydrogens (tertiary/aromatic N) is 1. The number of alkyl halides is 1. The number of halogens is 1. The second kappa shape index (κ2) is 14.0. The summed E-state index contributed by atoms with van der Waals surface area (Å²) in [5.41, 5.74) is 0.241. The van der Waals surface area contributed by atoms with E-state index in [4.69, 9.17) is 4.74 Å². The second-order valence-electron chi connectivity index (χ2n) is 10.1. The molecule has 1 aliphatic heterocycles. The van der Waals surface area contributed by atoms with Gasteiger partial charge in [-0.3, -0.25) is 0 Å². The summed E-state index contributed by atoms with van der Waals surface area (Å²) in [6.45, 7) is 2.46. The van der Waals surface area contributed by atoms with Gasteiger partial charge in [-0.2, -0.15) is 0 Å². The average molecular weight is 572 g/mol. The van der Waals surface area contributed by atoms with Gasteiger partial charge >= 0.3 is 6.09 Å². The lowest BCUT2D eigenvalue weighted by atomic mass is 10.2. The number of carbonyl (C=O) groups excluding carboxylic acids is 1. The molecule has 1 saturated heterocycles. The Morgan fingerprint density at radius 3 is 1.70 bits per heavy atom. The van der Waals surface area contributed by atoms with Gasteiger partial charge in [0.05, 0.1) is 0 Å². The van der Waals surface area contributed by atoms with E-state index in [0.29, 0.717) is 13.0 Å². The van der Waals surface area contributed by atoms with Crippen molar-refractivity contribution in [3.63, 3.8) is 0 Å². The molecule has 1 heterocycles. The molecule has 1 fully saturated rings. The number of hydrogen-bond donors (Lipinski definition) is 0. The molecule has 1 aliphatic rings. The monoisotopic (exact) mass is 571 g/mol. The van der Waals surface area contributed by atoms with E-state index < -0.39 is 28.3 Å². The lowest BCUT2D eigenvalue weighted by Gasteiger charge is -2.29. The Labute approximate surface area is 239 Å². The molecule has 3 unspecified atom stereocenters. The Morgan fingerprint density at radius 2 is 1.25 bits per heavy atom. The van der Waals surface area contributed by atoms with Crippen molar-refractivity contribution in [2.45, 2.75) is 44.2 Å². The highest BCUT2D eigenvalue weighted by Crippen LogP contribution is 2.48. The van der Waals surface area contributed by atoms with E-state index in [2.05, 4.69) is 97.1 Å². The Hall–Kier alpha value is -3.06. The SMILES string of the molecule is CCCC(F)OC(=O)N1CC(P(c2ccccc2)c2ccccc2)CC1CP(c1ccccc1)c1ccccc1. The third-order valence-corrected chi connectivity index (χ3v) is 12.8. The minimum Gasteiger partial charge on any atom is -0.415 e. The molecule has 206 valence electrons. The topological polar surface area (TPSA) is 29.5 Å². The van der Waals surface area contributed by atoms with E-state index in [0.717, 1.165) is 12.6 Å². The Kier molecular flexibility index (Phi) is 9.98. The average Bonchev–Trinajstić information content (AvgIpc) is 3.41. The van der Waals surface area contributed by atoms with Crippen LogP contribution in [0.15, 0.2) is 121 Å². The number of amides is 1. The van der Waals surface area contributed by atoms with Gasteiger partial charge in [0.25, 0.3) is 0 Å². The minimum absolute atomic E-state index is 0.0460. The van der Waals surface area contributed by atoms with Crippen LogP contribution in [-0.2, 0) is 4.74 Å². The van der Waals surface area contributed by atoms with Crippen molar-refractivity contribution >= 4 is 43.2 Å². The maximum Gasteiger partial charge on any atom is 0.412 e. The molecular formula is C34H36FNO2P2. The highest BCUT2D eigenvalue weighted by molar-refractivity contribution is 7.74. The number of rotatable bonds is 10. The van der Waals surface area contributed by atoms with E-state index in [1.165, 1.54) is 21.2 Å². The maximum absolute atomic E-state index is 14.6. The number of benzene rings is 4. The summed E-state index contributed by atoms with van der Waals surface area (Å²) in [5, 5.41) is 5.15. The van der Waals surface area contributed by atoms with Crippen molar-refractivity contribution in [1.82, 2.24) is 4.90 Å². The van der Waals surface area contributed by atoms with Gasteiger partial charge in [0, 0.05) is 24.7 Å². The van der Waals surface area contributed by atoms with Crippen LogP contribution in [0.25, 0.3) is 0 Å². The van der Waals surface area contributed by atoms with Gasteiger partial charge in [-0.25, -0.2) is 9.18 Å². The molecule has 0 N–H and O–H groups in total. The van der Waals surface area contributed by atoms with Crippen molar-refractivity contribution in [3.8, 4) is 0 Å². The zero-order valence-corrected chi connectivity index (χ0v) is 24.6. The van der Waals surface area contributed by atoms with Crippen LogP contribution in [0, 0.1) is 0 Å². The molecular weight excluding hydrogens is 535 g/mol. The van der Waals surface area contributed by atoms with Gasteiger partial charge in [-0.05, 0) is 56.1 Å². The van der Waals surface area contributed by atoms with Gasteiger partial charge in [0.15, 0.2) is 0 Å². The third kappa shape index (κ3) is 6.98. The first kappa shape index (κ1) is 28.5. The zero-order valence-electron chi connectivity index (χ0n) is 22.9. The second-order valence-corrected chi connectivity index (χ2v) is 14.9. The van der Waals surface area contributed by atoms with Crippen LogP contribution in [-0.4, -0.2) is 41.8 Å². The molecule has 0 saturated carbocycles. The molecule has 5 rings (SSSR count). The molecule has 1 amide bonds. The van der Waals surface area contributed by atoms with Crippen LogP contribution >= 0.6 is 15.8 Å². The number of ether oxygens (including phenoxy) is 1. The van der Waals surface area contributed by atoms with Gasteiger partial charge in [0.1, 0.15) is 0 Å². The number of carbonyl (C=O) groups is 1. The Morgan fingerprint density at radius 1 is 0.800 bits per heavy atom. The van der Waals surface area contributed by atoms with Gasteiger partial charge in [0.2, 0.25) is 6.36 Å². The molecule has 4 aromatic rings. The van der Waals surface area contributed by atoms with E-state index in [1.54, 1.807) is 0 Å². The fourth-order valence-corrected chi connectivity index (χ4v) is 10.9. The lowest BCUT2D eigenvalue weighted by Crippen LogP contribution is -2.40. The van der Waals surface area contributed by atoms with Crippen LogP contribution in [0.1, 0.15) is 26.2 Å². The van der Waals surface area contributed by atoms with Crippen LogP contribution in [0.5, 0.6) is 0 Å². The largest absolute Gasteiger partial charge is 0.415 e. The summed E-state index contributed by atoms with van der Waals surface area (Å²) in [5.74, 6) is 0. The summed E-state index contributed by atoms with van der Waals surface area (Å²) in [6, 6.07) is 42.4. The molecule has 6 heteroatoms. The van der Waals surface area contributed by atoms with Gasteiger partial charge in [-0.1, -0.05) is 128 Å². The minimum atomic E-state index is -1.58. The van der Waals surface area contributed by atoms with Crippen molar-refractivity contribution < 1.29 is 13.9 Å². The molecule has 4 aromatic carbocycles. The fraction of sp³-hybridized carbons (Fsp3) is 0.265. The normalized spacial score (nSPS) is 17.8. The van der Waals surface area contributed by atoms with Crippen molar-refractivity contribution in [2.75, 3.05) is 12.7 Å². The van der Waals surface area contributed by atoms with E-state index in [1.807, 2.05) is 36.1 Å². The first-order valence-electron chi connectivity index (χ1n) is 14.0. The molecule has 3 atom stereocenters. The molecule has 3 nitrogen and oxygen atoms in total. The summed E-state index contributed by atoms with van der Waals surface area (Å²) in [6.07, 6.45) is 0.406. The summed E-state index contributed by atoms with van der Waals surface area (Å²) in [7, 11) is -1.45. The fourth-order valence-electron chi connectivity index (χ4n) is 5.47. The third-order valence-electron chi connectivity index (χ3n) is 7.33. The van der Waals surface area contributed by atoms with E-state index in [9.17, 15) is 9.18 Å². The predicted octanol–water partition coefficient (Wildman–Crippen LogP) is 6.93. The van der Waals surface area contributed by atoms with Crippen molar-refractivity contribution in [3.05, 3.63) is 121 Å². The van der Waals surface area contributed by atoms with Gasteiger partial charge < -0.3 is 9.64 Å². The molecule has 40 heavy (non-hydrogen) atoms. The molecule has 0 bridgehead atoms. The molecule has 0 aromatic heterocycles. The predicted molar refractivity (Wildman–Crippen MR) is 168 cm³/mol. The van der Waals surface area contributed by atoms with E-state index in [-0.39, 0.29) is 18.1 Å². The molecule has 0 aliphatic carbocycles. The Bertz CT molecular complexity index is 1250. The highest BCUT2D eigenvalue weighted by Gasteiger charge is 2.42. The van der Waals surface area contributed by atoms with Crippen molar-refractivity contribution in [2.24, 2.45) is 0 Å². The first-order valence-corrected chi connectivity index (χ1v) is 17.0. The quantitative estimate of drug-likeness (QED) is 0.193. The van der Waals surface area contributed by atoms with Crippen LogP contribution < -0.4 is 21.2 Å². The summed E-state index contributed by atoms with van der Waals surface area (Å²) in [4.78, 5) is 15.4. The van der Waals surface area contributed by atoms with Crippen molar-refractivity contribution in [1.29, 1.82) is 0 Å². The molecule has 0 radical (unpaired) electrons. The lowest BCUT2D eigenvalue weighted by molar-refractivity contribution is -0.0116. The van der Waals surface area contributed by atoms with Gasteiger partial charge in [-0.15, -0.1) is 0 Å². The highest BCUT2D eigenvalue weighted by atomic mass is 31.1. The van der Waals surface area contributed by atoms with Crippen LogP contribution in [0.3, 0.4) is 0 Å². The maximum atomic E-state index is 14.6. The number of hydrogen-bond acceptors (Lipinski definition) is 2. The first-order chi connectivity index (χ1) is 19.6. The number of likely N-dealkylation sites (tertiary alicyclic amines) is 1.